The Morgan fingerprint density at radius 1 is 1.12 bits per heavy atom. The number of hydrogen-bond donors (Lipinski definition) is 1. The number of carbonyl (C=O) groups excluding carboxylic acids is 2. The highest BCUT2D eigenvalue weighted by Gasteiger charge is 2.20. The topological polar surface area (TPSA) is 67.9 Å². The van der Waals surface area contributed by atoms with E-state index in [9.17, 15) is 9.59 Å². The van der Waals surface area contributed by atoms with E-state index < -0.39 is 5.97 Å². The molecular weight excluding hydrogens is 356 g/mol. The summed E-state index contributed by atoms with van der Waals surface area (Å²) < 4.78 is 10.3. The Hall–Kier alpha value is -2.57. The van der Waals surface area contributed by atoms with Gasteiger partial charge in [0.05, 0.1) is 31.6 Å². The van der Waals surface area contributed by atoms with Crippen LogP contribution in [0.15, 0.2) is 42.5 Å². The molecule has 1 fully saturated rings. The highest BCUT2D eigenvalue weighted by molar-refractivity contribution is 6.30. The average molecular weight is 375 g/mol. The van der Waals surface area contributed by atoms with Crippen molar-refractivity contribution in [1.82, 2.24) is 0 Å². The van der Waals surface area contributed by atoms with Gasteiger partial charge in [-0.1, -0.05) is 11.6 Å². The molecule has 26 heavy (non-hydrogen) atoms. The largest absolute Gasteiger partial charge is 0.465 e. The first-order valence-corrected chi connectivity index (χ1v) is 8.58. The molecule has 1 N–H and O–H groups in total. The van der Waals surface area contributed by atoms with Crippen molar-refractivity contribution < 1.29 is 19.1 Å². The second kappa shape index (κ2) is 8.21. The van der Waals surface area contributed by atoms with E-state index >= 15 is 0 Å². The highest BCUT2D eigenvalue weighted by atomic mass is 35.5. The number of halogens is 1. The van der Waals surface area contributed by atoms with Crippen LogP contribution < -0.4 is 10.2 Å². The number of rotatable bonds is 4. The van der Waals surface area contributed by atoms with Gasteiger partial charge in [-0.15, -0.1) is 0 Å². The maximum Gasteiger partial charge on any atom is 0.340 e. The van der Waals surface area contributed by atoms with Crippen molar-refractivity contribution in [3.63, 3.8) is 0 Å². The zero-order valence-electron chi connectivity index (χ0n) is 14.3. The number of ether oxygens (including phenoxy) is 2. The lowest BCUT2D eigenvalue weighted by Gasteiger charge is -2.30. The molecule has 0 spiro atoms. The minimum Gasteiger partial charge on any atom is -0.465 e. The van der Waals surface area contributed by atoms with E-state index in [1.807, 2.05) is 6.07 Å². The summed E-state index contributed by atoms with van der Waals surface area (Å²) in [6.45, 7) is 2.60. The van der Waals surface area contributed by atoms with Gasteiger partial charge in [0.1, 0.15) is 0 Å². The number of hydrogen-bond acceptors (Lipinski definition) is 5. The molecule has 7 heteroatoms. The number of carbonyl (C=O) groups is 2. The quantitative estimate of drug-likeness (QED) is 0.832. The Bertz CT molecular complexity index is 802. The molecule has 3 rings (SSSR count). The van der Waals surface area contributed by atoms with Gasteiger partial charge in [-0.3, -0.25) is 4.79 Å². The Kier molecular flexibility index (Phi) is 5.75. The predicted molar refractivity (Wildman–Crippen MR) is 100 cm³/mol. The van der Waals surface area contributed by atoms with Crippen LogP contribution in [0.5, 0.6) is 0 Å². The van der Waals surface area contributed by atoms with Gasteiger partial charge in [-0.2, -0.15) is 0 Å². The number of amides is 1. The maximum absolute atomic E-state index is 12.4. The van der Waals surface area contributed by atoms with Gasteiger partial charge in [0.25, 0.3) is 5.91 Å². The van der Waals surface area contributed by atoms with Crippen molar-refractivity contribution in [2.75, 3.05) is 43.6 Å². The molecule has 0 atom stereocenters. The van der Waals surface area contributed by atoms with E-state index in [1.165, 1.54) is 7.11 Å². The third-order valence-electron chi connectivity index (χ3n) is 4.12. The summed E-state index contributed by atoms with van der Waals surface area (Å²) in [6, 6.07) is 11.8. The van der Waals surface area contributed by atoms with Crippen LogP contribution in [0, 0.1) is 0 Å². The second-order valence-corrected chi connectivity index (χ2v) is 6.22. The maximum atomic E-state index is 12.4. The van der Waals surface area contributed by atoms with E-state index in [2.05, 4.69) is 10.2 Å². The van der Waals surface area contributed by atoms with Gasteiger partial charge >= 0.3 is 5.97 Å². The molecule has 136 valence electrons. The van der Waals surface area contributed by atoms with Crippen molar-refractivity contribution in [2.24, 2.45) is 0 Å². The van der Waals surface area contributed by atoms with Gasteiger partial charge in [-0.05, 0) is 42.5 Å². The van der Waals surface area contributed by atoms with Crippen LogP contribution in [0.2, 0.25) is 5.02 Å². The molecule has 1 saturated heterocycles. The monoisotopic (exact) mass is 374 g/mol. The molecule has 2 aromatic carbocycles. The molecule has 0 aliphatic carbocycles. The van der Waals surface area contributed by atoms with Gasteiger partial charge < -0.3 is 19.7 Å². The van der Waals surface area contributed by atoms with Crippen LogP contribution in [-0.2, 0) is 9.47 Å². The number of benzene rings is 2. The van der Waals surface area contributed by atoms with Crippen molar-refractivity contribution in [2.45, 2.75) is 0 Å². The molecule has 2 aromatic rings. The molecule has 0 bridgehead atoms. The van der Waals surface area contributed by atoms with E-state index in [4.69, 9.17) is 21.1 Å². The summed E-state index contributed by atoms with van der Waals surface area (Å²) in [5.41, 5.74) is 2.17. The van der Waals surface area contributed by atoms with Crippen LogP contribution in [0.4, 0.5) is 11.4 Å². The number of nitrogens with zero attached hydrogens (tertiary/aromatic N) is 1. The summed E-state index contributed by atoms with van der Waals surface area (Å²) in [7, 11) is 1.34. The highest BCUT2D eigenvalue weighted by Crippen LogP contribution is 2.26. The lowest BCUT2D eigenvalue weighted by Crippen LogP contribution is -2.37. The fourth-order valence-electron chi connectivity index (χ4n) is 2.77. The van der Waals surface area contributed by atoms with Crippen LogP contribution in [0.1, 0.15) is 20.7 Å². The summed E-state index contributed by atoms with van der Waals surface area (Å²) in [5, 5.41) is 3.35. The molecule has 0 aromatic heterocycles. The summed E-state index contributed by atoms with van der Waals surface area (Å²) in [4.78, 5) is 26.7. The predicted octanol–water partition coefficient (Wildman–Crippen LogP) is 3.22. The molecule has 1 heterocycles. The van der Waals surface area contributed by atoms with E-state index in [0.29, 0.717) is 48.1 Å². The fourth-order valence-corrected chi connectivity index (χ4v) is 2.90. The fraction of sp³-hybridized carbons (Fsp3) is 0.263. The number of nitrogens with one attached hydrogen (secondary N) is 1. The summed E-state index contributed by atoms with van der Waals surface area (Å²) in [6.07, 6.45) is 0. The second-order valence-electron chi connectivity index (χ2n) is 5.78. The third kappa shape index (κ3) is 4.15. The molecule has 0 radical (unpaired) electrons. The lowest BCUT2D eigenvalue weighted by atomic mass is 10.1. The number of esters is 1. The molecule has 0 unspecified atom stereocenters. The Morgan fingerprint density at radius 2 is 1.81 bits per heavy atom. The van der Waals surface area contributed by atoms with E-state index in [1.54, 1.807) is 36.4 Å². The lowest BCUT2D eigenvalue weighted by molar-refractivity contribution is 0.0600. The number of methoxy groups -OCH3 is 1. The molecule has 1 aliphatic rings. The minimum atomic E-state index is -0.450. The minimum absolute atomic E-state index is 0.281. The summed E-state index contributed by atoms with van der Waals surface area (Å²) in [5.74, 6) is -0.731. The third-order valence-corrected chi connectivity index (χ3v) is 4.37. The SMILES string of the molecule is COC(=O)c1cc(NC(=O)c2ccc(Cl)cc2)ccc1N1CCOCC1. The number of morpholine rings is 1. The van der Waals surface area contributed by atoms with E-state index in [0.717, 1.165) is 5.69 Å². The van der Waals surface area contributed by atoms with Crippen LogP contribution >= 0.6 is 11.6 Å². The first-order valence-electron chi connectivity index (χ1n) is 8.20. The van der Waals surface area contributed by atoms with Crippen LogP contribution in [0.25, 0.3) is 0 Å². The van der Waals surface area contributed by atoms with Crippen LogP contribution in [-0.4, -0.2) is 45.3 Å². The zero-order chi connectivity index (χ0) is 18.5. The first kappa shape index (κ1) is 18.2. The van der Waals surface area contributed by atoms with Gasteiger partial charge in [-0.25, -0.2) is 4.79 Å². The van der Waals surface area contributed by atoms with Crippen molar-refractivity contribution in [3.8, 4) is 0 Å². The van der Waals surface area contributed by atoms with Gasteiger partial charge in [0, 0.05) is 29.4 Å². The first-order chi connectivity index (χ1) is 12.6. The Labute approximate surface area is 156 Å². The summed E-state index contributed by atoms with van der Waals surface area (Å²) >= 11 is 5.84. The molecule has 1 amide bonds. The Balaban J connectivity index is 1.84. The number of anilines is 2. The zero-order valence-corrected chi connectivity index (χ0v) is 15.1. The standard InChI is InChI=1S/C19H19ClN2O4/c1-25-19(24)16-12-15(6-7-17(16)22-8-10-26-11-9-22)21-18(23)13-2-4-14(20)5-3-13/h2-7,12H,8-11H2,1H3,(H,21,23). The van der Waals surface area contributed by atoms with Gasteiger partial charge in [0.2, 0.25) is 0 Å². The van der Waals surface area contributed by atoms with E-state index in [-0.39, 0.29) is 5.91 Å². The molecular formula is C19H19ClN2O4. The van der Waals surface area contributed by atoms with Gasteiger partial charge in [0.15, 0.2) is 0 Å². The Morgan fingerprint density at radius 3 is 2.46 bits per heavy atom. The molecule has 0 saturated carbocycles. The molecule has 1 aliphatic heterocycles. The normalized spacial score (nSPS) is 14.0. The van der Waals surface area contributed by atoms with Crippen molar-refractivity contribution >= 4 is 34.9 Å². The van der Waals surface area contributed by atoms with Crippen molar-refractivity contribution in [1.29, 1.82) is 0 Å². The van der Waals surface area contributed by atoms with Crippen LogP contribution in [0.3, 0.4) is 0 Å². The average Bonchev–Trinajstić information content (AvgIpc) is 2.68. The van der Waals surface area contributed by atoms with Crippen molar-refractivity contribution in [3.05, 3.63) is 58.6 Å². The smallest absolute Gasteiger partial charge is 0.340 e. The molecule has 6 nitrogen and oxygen atoms in total.